The van der Waals surface area contributed by atoms with Crippen LogP contribution in [0.1, 0.15) is 12.5 Å². The van der Waals surface area contributed by atoms with Crippen LogP contribution in [0.2, 0.25) is 0 Å². The molecule has 0 saturated heterocycles. The third kappa shape index (κ3) is 2.04. The summed E-state index contributed by atoms with van der Waals surface area (Å²) in [5.74, 6) is 0. The Kier molecular flexibility index (Phi) is 2.89. The van der Waals surface area contributed by atoms with Crippen LogP contribution in [0, 0.1) is 0 Å². The average Bonchev–Trinajstić information content (AvgIpc) is 2.43. The lowest BCUT2D eigenvalue weighted by atomic mass is 10.1. The number of benzene rings is 1. The Balaban J connectivity index is 1.91. The molecule has 1 aromatic carbocycles. The minimum absolute atomic E-state index is 0.486. The second-order valence-electron chi connectivity index (χ2n) is 4.74. The molecule has 3 nitrogen and oxygen atoms in total. The molecule has 1 aromatic heterocycles. The van der Waals surface area contributed by atoms with Crippen molar-refractivity contribution >= 4 is 11.4 Å². The molecule has 1 aliphatic heterocycles. The zero-order chi connectivity index (χ0) is 12.4. The van der Waals surface area contributed by atoms with Gasteiger partial charge in [0.05, 0.1) is 11.4 Å². The minimum atomic E-state index is 0.486. The van der Waals surface area contributed by atoms with Crippen LogP contribution in [0.5, 0.6) is 0 Å². The second kappa shape index (κ2) is 4.69. The zero-order valence-electron chi connectivity index (χ0n) is 10.5. The van der Waals surface area contributed by atoms with Gasteiger partial charge in [0.15, 0.2) is 0 Å². The van der Waals surface area contributed by atoms with Gasteiger partial charge in [-0.2, -0.15) is 0 Å². The third-order valence-electron chi connectivity index (χ3n) is 3.41. The Morgan fingerprint density at radius 1 is 1.28 bits per heavy atom. The Morgan fingerprint density at radius 3 is 3.00 bits per heavy atom. The van der Waals surface area contributed by atoms with Crippen molar-refractivity contribution in [1.29, 1.82) is 0 Å². The molecular weight excluding hydrogens is 222 g/mol. The Morgan fingerprint density at radius 2 is 2.17 bits per heavy atom. The van der Waals surface area contributed by atoms with Gasteiger partial charge in [0, 0.05) is 31.5 Å². The molecule has 0 bridgehead atoms. The lowest BCUT2D eigenvalue weighted by molar-refractivity contribution is 0.640. The first-order chi connectivity index (χ1) is 8.84. The van der Waals surface area contributed by atoms with E-state index in [1.165, 1.54) is 16.9 Å². The van der Waals surface area contributed by atoms with Crippen LogP contribution in [-0.4, -0.2) is 17.6 Å². The van der Waals surface area contributed by atoms with E-state index in [1.807, 2.05) is 18.5 Å². The maximum atomic E-state index is 4.19. The van der Waals surface area contributed by atoms with Gasteiger partial charge in [0.25, 0.3) is 0 Å². The summed E-state index contributed by atoms with van der Waals surface area (Å²) < 4.78 is 0. The molecule has 0 fully saturated rings. The van der Waals surface area contributed by atoms with E-state index in [9.17, 15) is 0 Å². The Bertz CT molecular complexity index is 524. The molecule has 2 aromatic rings. The van der Waals surface area contributed by atoms with E-state index in [0.29, 0.717) is 6.04 Å². The van der Waals surface area contributed by atoms with Gasteiger partial charge in [-0.1, -0.05) is 18.2 Å². The van der Waals surface area contributed by atoms with Crippen molar-refractivity contribution in [1.82, 2.24) is 4.98 Å². The average molecular weight is 239 g/mol. The summed E-state index contributed by atoms with van der Waals surface area (Å²) >= 11 is 0. The number of nitrogens with zero attached hydrogens (tertiary/aromatic N) is 2. The van der Waals surface area contributed by atoms with Crippen LogP contribution in [0.4, 0.5) is 11.4 Å². The van der Waals surface area contributed by atoms with Crippen LogP contribution in [-0.2, 0) is 6.54 Å². The van der Waals surface area contributed by atoms with E-state index >= 15 is 0 Å². The van der Waals surface area contributed by atoms with E-state index in [-0.39, 0.29) is 0 Å². The number of hydrogen-bond acceptors (Lipinski definition) is 3. The van der Waals surface area contributed by atoms with Crippen molar-refractivity contribution in [3.8, 4) is 0 Å². The molecule has 1 atom stereocenters. The van der Waals surface area contributed by atoms with Crippen LogP contribution in [0.3, 0.4) is 0 Å². The summed E-state index contributed by atoms with van der Waals surface area (Å²) in [4.78, 5) is 6.62. The van der Waals surface area contributed by atoms with E-state index in [4.69, 9.17) is 0 Å². The Hall–Kier alpha value is -2.03. The van der Waals surface area contributed by atoms with Crippen molar-refractivity contribution in [3.05, 3.63) is 54.4 Å². The predicted octanol–water partition coefficient (Wildman–Crippen LogP) is 2.90. The summed E-state index contributed by atoms with van der Waals surface area (Å²) in [6.45, 7) is 4.14. The molecule has 1 aliphatic rings. The van der Waals surface area contributed by atoms with E-state index in [0.717, 1.165) is 13.1 Å². The lowest BCUT2D eigenvalue weighted by Gasteiger charge is -2.37. The highest BCUT2D eigenvalue weighted by atomic mass is 15.2. The van der Waals surface area contributed by atoms with Gasteiger partial charge in [-0.25, -0.2) is 0 Å². The summed E-state index contributed by atoms with van der Waals surface area (Å²) in [5.41, 5.74) is 3.75. The van der Waals surface area contributed by atoms with E-state index in [1.54, 1.807) is 0 Å². The molecule has 0 aliphatic carbocycles. The summed E-state index contributed by atoms with van der Waals surface area (Å²) in [6, 6.07) is 13.1. The molecule has 18 heavy (non-hydrogen) atoms. The SMILES string of the molecule is CC1CNc2ccccc2N1Cc1cccnc1. The quantitative estimate of drug-likeness (QED) is 0.873. The van der Waals surface area contributed by atoms with Gasteiger partial charge in [0.1, 0.15) is 0 Å². The van der Waals surface area contributed by atoms with Crippen LogP contribution in [0.25, 0.3) is 0 Å². The van der Waals surface area contributed by atoms with Crippen molar-refractivity contribution in [2.75, 3.05) is 16.8 Å². The summed E-state index contributed by atoms with van der Waals surface area (Å²) in [6.07, 6.45) is 3.76. The second-order valence-corrected chi connectivity index (χ2v) is 4.74. The fourth-order valence-electron chi connectivity index (χ4n) is 2.41. The largest absolute Gasteiger partial charge is 0.381 e. The van der Waals surface area contributed by atoms with Crippen molar-refractivity contribution in [3.63, 3.8) is 0 Å². The van der Waals surface area contributed by atoms with Gasteiger partial charge >= 0.3 is 0 Å². The number of nitrogens with one attached hydrogen (secondary N) is 1. The van der Waals surface area contributed by atoms with Crippen LogP contribution in [0.15, 0.2) is 48.8 Å². The van der Waals surface area contributed by atoms with Gasteiger partial charge in [-0.15, -0.1) is 0 Å². The standard InChI is InChI=1S/C15H17N3/c1-12-9-17-14-6-2-3-7-15(14)18(12)11-13-5-4-8-16-10-13/h2-8,10,12,17H,9,11H2,1H3. The number of aromatic nitrogens is 1. The number of rotatable bonds is 2. The molecule has 2 heterocycles. The fraction of sp³-hybridized carbons (Fsp3) is 0.267. The highest BCUT2D eigenvalue weighted by Crippen LogP contribution is 2.32. The van der Waals surface area contributed by atoms with E-state index in [2.05, 4.69) is 52.5 Å². The van der Waals surface area contributed by atoms with Crippen LogP contribution >= 0.6 is 0 Å². The first kappa shape index (κ1) is 11.1. The molecule has 1 N–H and O–H groups in total. The van der Waals surface area contributed by atoms with Gasteiger partial charge in [-0.3, -0.25) is 4.98 Å². The maximum Gasteiger partial charge on any atom is 0.0608 e. The number of anilines is 2. The molecule has 0 spiro atoms. The number of pyridine rings is 1. The van der Waals surface area contributed by atoms with Crippen molar-refractivity contribution in [2.24, 2.45) is 0 Å². The first-order valence-corrected chi connectivity index (χ1v) is 6.33. The lowest BCUT2D eigenvalue weighted by Crippen LogP contribution is -2.41. The smallest absolute Gasteiger partial charge is 0.0608 e. The van der Waals surface area contributed by atoms with Crippen molar-refractivity contribution < 1.29 is 0 Å². The predicted molar refractivity (Wildman–Crippen MR) is 74.8 cm³/mol. The molecule has 3 heteroatoms. The third-order valence-corrected chi connectivity index (χ3v) is 3.41. The van der Waals surface area contributed by atoms with Gasteiger partial charge in [0.2, 0.25) is 0 Å². The normalized spacial score (nSPS) is 18.1. The maximum absolute atomic E-state index is 4.19. The Labute approximate surface area is 107 Å². The highest BCUT2D eigenvalue weighted by molar-refractivity contribution is 5.72. The molecule has 0 amide bonds. The molecule has 3 rings (SSSR count). The van der Waals surface area contributed by atoms with Crippen LogP contribution < -0.4 is 10.2 Å². The van der Waals surface area contributed by atoms with E-state index < -0.39 is 0 Å². The molecule has 92 valence electrons. The first-order valence-electron chi connectivity index (χ1n) is 6.33. The topological polar surface area (TPSA) is 28.2 Å². The number of fused-ring (bicyclic) bond motifs is 1. The fourth-order valence-corrected chi connectivity index (χ4v) is 2.41. The molecule has 1 unspecified atom stereocenters. The summed E-state index contributed by atoms with van der Waals surface area (Å²) in [7, 11) is 0. The summed E-state index contributed by atoms with van der Waals surface area (Å²) in [5, 5.41) is 3.47. The van der Waals surface area contributed by atoms with Crippen molar-refractivity contribution in [2.45, 2.75) is 19.5 Å². The number of hydrogen-bond donors (Lipinski definition) is 1. The number of para-hydroxylation sites is 2. The molecule has 0 saturated carbocycles. The molecular formula is C15H17N3. The monoisotopic (exact) mass is 239 g/mol. The van der Waals surface area contributed by atoms with Gasteiger partial charge < -0.3 is 10.2 Å². The van der Waals surface area contributed by atoms with Gasteiger partial charge in [-0.05, 0) is 30.7 Å². The molecule has 0 radical (unpaired) electrons. The minimum Gasteiger partial charge on any atom is -0.381 e. The highest BCUT2D eigenvalue weighted by Gasteiger charge is 2.22. The zero-order valence-corrected chi connectivity index (χ0v) is 10.5.